The molecule has 0 saturated heterocycles. The Bertz CT molecular complexity index is 474. The maximum absolute atomic E-state index is 11.9. The number of sulfonamides is 1. The molecule has 0 spiro atoms. The van der Waals surface area contributed by atoms with Crippen molar-refractivity contribution >= 4 is 33.2 Å². The van der Waals surface area contributed by atoms with Crippen molar-refractivity contribution in [1.82, 2.24) is 9.71 Å². The molecule has 1 heterocycles. The average Bonchev–Trinajstić information content (AvgIpc) is 1.96. The summed E-state index contributed by atoms with van der Waals surface area (Å²) < 4.78 is 26.3. The van der Waals surface area contributed by atoms with Crippen molar-refractivity contribution in [3.05, 3.63) is 22.4 Å². The molecule has 4 nitrogen and oxygen atoms in total. The van der Waals surface area contributed by atoms with E-state index in [1.165, 1.54) is 12.1 Å². The summed E-state index contributed by atoms with van der Waals surface area (Å²) in [5, 5.41) is 0.0866. The highest BCUT2D eigenvalue weighted by molar-refractivity contribution is 7.89. The molecule has 0 radical (unpaired) electrons. The Hall–Kier alpha value is -0.360. The molecule has 0 saturated carbocycles. The van der Waals surface area contributed by atoms with Crippen LogP contribution in [0.1, 0.15) is 20.8 Å². The maximum Gasteiger partial charge on any atom is 0.241 e. The zero-order valence-electron chi connectivity index (χ0n) is 9.08. The summed E-state index contributed by atoms with van der Waals surface area (Å²) in [5.74, 6) is 0. The Morgan fingerprint density at radius 1 is 1.19 bits per heavy atom. The Morgan fingerprint density at radius 2 is 1.62 bits per heavy atom. The quantitative estimate of drug-likeness (QED) is 0.848. The van der Waals surface area contributed by atoms with Gasteiger partial charge in [0.05, 0.1) is 4.90 Å². The van der Waals surface area contributed by atoms with E-state index < -0.39 is 15.6 Å². The molecule has 0 unspecified atom stereocenters. The summed E-state index contributed by atoms with van der Waals surface area (Å²) in [6.45, 7) is 5.23. The van der Waals surface area contributed by atoms with E-state index in [2.05, 4.69) is 9.71 Å². The van der Waals surface area contributed by atoms with E-state index in [-0.39, 0.29) is 15.2 Å². The number of aromatic nitrogens is 1. The predicted molar refractivity (Wildman–Crippen MR) is 64.3 cm³/mol. The van der Waals surface area contributed by atoms with E-state index in [1.54, 1.807) is 20.8 Å². The lowest BCUT2D eigenvalue weighted by Gasteiger charge is -2.20. The summed E-state index contributed by atoms with van der Waals surface area (Å²) in [4.78, 5) is 3.69. The van der Waals surface area contributed by atoms with Crippen molar-refractivity contribution in [2.24, 2.45) is 0 Å². The minimum atomic E-state index is -3.62. The molecule has 0 atom stereocenters. The van der Waals surface area contributed by atoms with Crippen molar-refractivity contribution in [3.63, 3.8) is 0 Å². The van der Waals surface area contributed by atoms with Gasteiger partial charge in [-0.2, -0.15) is 0 Å². The van der Waals surface area contributed by atoms with Gasteiger partial charge in [-0.3, -0.25) is 0 Å². The fourth-order valence-electron chi connectivity index (χ4n) is 1.06. The topological polar surface area (TPSA) is 59.1 Å². The molecule has 1 rings (SSSR count). The van der Waals surface area contributed by atoms with Crippen LogP contribution in [-0.2, 0) is 10.0 Å². The fourth-order valence-corrected chi connectivity index (χ4v) is 3.11. The Kier molecular flexibility index (Phi) is 3.84. The van der Waals surface area contributed by atoms with Crippen LogP contribution in [0.15, 0.2) is 17.0 Å². The Balaban J connectivity index is 3.18. The summed E-state index contributed by atoms with van der Waals surface area (Å²) in [5.41, 5.74) is -0.568. The molecule has 0 bridgehead atoms. The minimum Gasteiger partial charge on any atom is -0.224 e. The molecule has 90 valence electrons. The van der Waals surface area contributed by atoms with Gasteiger partial charge in [0.1, 0.15) is 10.3 Å². The molecular weight excluding hydrogens is 271 g/mol. The van der Waals surface area contributed by atoms with Crippen LogP contribution >= 0.6 is 23.2 Å². The number of nitrogens with one attached hydrogen (secondary N) is 1. The lowest BCUT2D eigenvalue weighted by atomic mass is 10.1. The Morgan fingerprint density at radius 3 is 2.00 bits per heavy atom. The first-order valence-corrected chi connectivity index (χ1v) is 6.71. The van der Waals surface area contributed by atoms with Crippen LogP contribution < -0.4 is 4.72 Å². The van der Waals surface area contributed by atoms with E-state index in [4.69, 9.17) is 23.2 Å². The van der Waals surface area contributed by atoms with Crippen molar-refractivity contribution in [2.75, 3.05) is 0 Å². The maximum atomic E-state index is 11.9. The van der Waals surface area contributed by atoms with Crippen molar-refractivity contribution in [3.8, 4) is 0 Å². The molecular formula is C9H12Cl2N2O2S. The van der Waals surface area contributed by atoms with Crippen molar-refractivity contribution in [2.45, 2.75) is 31.2 Å². The average molecular weight is 283 g/mol. The van der Waals surface area contributed by atoms with Crippen molar-refractivity contribution < 1.29 is 8.42 Å². The van der Waals surface area contributed by atoms with E-state index in [1.807, 2.05) is 0 Å². The first-order chi connectivity index (χ1) is 7.10. The van der Waals surface area contributed by atoms with E-state index >= 15 is 0 Å². The summed E-state index contributed by atoms with van der Waals surface area (Å²) in [7, 11) is -3.62. The SMILES string of the molecule is CC(C)(C)NS(=O)(=O)c1cc(Cl)nc(Cl)c1. The zero-order chi connectivity index (χ0) is 12.6. The van der Waals surface area contributed by atoms with E-state index in [0.717, 1.165) is 0 Å². The number of rotatable bonds is 2. The van der Waals surface area contributed by atoms with Crippen LogP contribution in [0.4, 0.5) is 0 Å². The molecule has 0 aliphatic heterocycles. The molecule has 0 fully saturated rings. The van der Waals surface area contributed by atoms with Gasteiger partial charge in [-0.05, 0) is 32.9 Å². The normalized spacial score (nSPS) is 12.8. The second-order valence-corrected chi connectivity index (χ2v) is 6.76. The largest absolute Gasteiger partial charge is 0.241 e. The highest BCUT2D eigenvalue weighted by Crippen LogP contribution is 2.19. The van der Waals surface area contributed by atoms with Gasteiger partial charge in [0.2, 0.25) is 10.0 Å². The Labute approximate surface area is 105 Å². The molecule has 16 heavy (non-hydrogen) atoms. The molecule has 0 aliphatic rings. The smallest absolute Gasteiger partial charge is 0.224 e. The number of hydrogen-bond acceptors (Lipinski definition) is 3. The van der Waals surface area contributed by atoms with Gasteiger partial charge in [-0.1, -0.05) is 23.2 Å². The van der Waals surface area contributed by atoms with Gasteiger partial charge in [0.25, 0.3) is 0 Å². The fraction of sp³-hybridized carbons (Fsp3) is 0.444. The molecule has 0 aliphatic carbocycles. The van der Waals surface area contributed by atoms with E-state index in [9.17, 15) is 8.42 Å². The summed E-state index contributed by atoms with van der Waals surface area (Å²) >= 11 is 11.3. The monoisotopic (exact) mass is 282 g/mol. The van der Waals surface area contributed by atoms with Gasteiger partial charge in [-0.15, -0.1) is 0 Å². The van der Waals surface area contributed by atoms with Gasteiger partial charge in [-0.25, -0.2) is 18.1 Å². The molecule has 1 aromatic rings. The number of nitrogens with zero attached hydrogens (tertiary/aromatic N) is 1. The van der Waals surface area contributed by atoms with Crippen LogP contribution in [0.3, 0.4) is 0 Å². The number of halogens is 2. The third-order valence-corrected chi connectivity index (χ3v) is 3.61. The summed E-state index contributed by atoms with van der Waals surface area (Å²) in [6, 6.07) is 2.50. The molecule has 7 heteroatoms. The van der Waals surface area contributed by atoms with Gasteiger partial charge >= 0.3 is 0 Å². The van der Waals surface area contributed by atoms with Gasteiger partial charge in [0, 0.05) is 5.54 Å². The van der Waals surface area contributed by atoms with Crippen LogP contribution in [0.2, 0.25) is 10.3 Å². The van der Waals surface area contributed by atoms with E-state index in [0.29, 0.717) is 0 Å². The van der Waals surface area contributed by atoms with Crippen LogP contribution in [0.5, 0.6) is 0 Å². The lowest BCUT2D eigenvalue weighted by Crippen LogP contribution is -2.40. The first-order valence-electron chi connectivity index (χ1n) is 4.47. The van der Waals surface area contributed by atoms with Gasteiger partial charge in [0.15, 0.2) is 0 Å². The third kappa shape index (κ3) is 3.90. The number of pyridine rings is 1. The second-order valence-electron chi connectivity index (χ2n) is 4.30. The molecule has 0 amide bonds. The predicted octanol–water partition coefficient (Wildman–Crippen LogP) is 2.47. The van der Waals surface area contributed by atoms with Gasteiger partial charge < -0.3 is 0 Å². The summed E-state index contributed by atoms with van der Waals surface area (Å²) in [6.07, 6.45) is 0. The first kappa shape index (κ1) is 13.7. The van der Waals surface area contributed by atoms with Crippen LogP contribution in [0.25, 0.3) is 0 Å². The second kappa shape index (κ2) is 4.49. The van der Waals surface area contributed by atoms with Crippen molar-refractivity contribution in [1.29, 1.82) is 0 Å². The molecule has 1 N–H and O–H groups in total. The lowest BCUT2D eigenvalue weighted by molar-refractivity contribution is 0.491. The minimum absolute atomic E-state index is 0.00688. The number of hydrogen-bond donors (Lipinski definition) is 1. The zero-order valence-corrected chi connectivity index (χ0v) is 11.4. The molecule has 1 aromatic heterocycles. The highest BCUT2D eigenvalue weighted by Gasteiger charge is 2.22. The highest BCUT2D eigenvalue weighted by atomic mass is 35.5. The van der Waals surface area contributed by atoms with Crippen LogP contribution in [0, 0.1) is 0 Å². The third-order valence-electron chi connectivity index (χ3n) is 1.49. The standard InChI is InChI=1S/C9H12Cl2N2O2S/c1-9(2,3)13-16(14,15)6-4-7(10)12-8(11)5-6/h4-5,13H,1-3H3. The van der Waals surface area contributed by atoms with Crippen LogP contribution in [-0.4, -0.2) is 18.9 Å². The molecule has 0 aromatic carbocycles.